The summed E-state index contributed by atoms with van der Waals surface area (Å²) < 4.78 is 5.98. The Morgan fingerprint density at radius 2 is 2.05 bits per heavy atom. The van der Waals surface area contributed by atoms with Crippen LogP contribution in [0.3, 0.4) is 0 Å². The van der Waals surface area contributed by atoms with Gasteiger partial charge in [0, 0.05) is 19.6 Å². The molecule has 1 aliphatic rings. The van der Waals surface area contributed by atoms with Crippen molar-refractivity contribution >= 4 is 11.7 Å². The molecule has 2 N–H and O–H groups in total. The van der Waals surface area contributed by atoms with Crippen LogP contribution in [0.15, 0.2) is 18.2 Å². The predicted molar refractivity (Wildman–Crippen MR) is 87.6 cm³/mol. The summed E-state index contributed by atoms with van der Waals surface area (Å²) in [6, 6.07) is 6.17. The Bertz CT molecular complexity index is 497. The Kier molecular flexibility index (Phi) is 6.07. The van der Waals surface area contributed by atoms with Gasteiger partial charge in [-0.25, -0.2) is 0 Å². The van der Waals surface area contributed by atoms with Gasteiger partial charge < -0.3 is 20.1 Å². The molecule has 1 heterocycles. The predicted octanol–water partition coefficient (Wildman–Crippen LogP) is 2.64. The van der Waals surface area contributed by atoms with E-state index in [1.807, 2.05) is 26.0 Å². The van der Waals surface area contributed by atoms with Crippen molar-refractivity contribution in [2.45, 2.75) is 45.8 Å². The van der Waals surface area contributed by atoms with Crippen molar-refractivity contribution in [1.82, 2.24) is 5.32 Å². The maximum absolute atomic E-state index is 10.6. The average molecular weight is 306 g/mol. The fourth-order valence-electron chi connectivity index (χ4n) is 2.73. The van der Waals surface area contributed by atoms with Crippen LogP contribution in [0.4, 0.5) is 5.69 Å². The number of hydrogen-bond donors (Lipinski definition) is 2. The molecule has 0 saturated carbocycles. The summed E-state index contributed by atoms with van der Waals surface area (Å²) in [5, 5.41) is 11.6. The molecule has 22 heavy (non-hydrogen) atoms. The Morgan fingerprint density at radius 3 is 2.68 bits per heavy atom. The molecule has 5 heteroatoms. The molecule has 0 bridgehead atoms. The maximum atomic E-state index is 10.6. The fourth-order valence-corrected chi connectivity index (χ4v) is 2.73. The summed E-state index contributed by atoms with van der Waals surface area (Å²) in [4.78, 5) is 13.0. The number of nitrogens with zero attached hydrogens (tertiary/aromatic N) is 1. The van der Waals surface area contributed by atoms with Gasteiger partial charge in [-0.2, -0.15) is 0 Å². The zero-order valence-electron chi connectivity index (χ0n) is 13.5. The summed E-state index contributed by atoms with van der Waals surface area (Å²) in [6.45, 7) is 6.69. The van der Waals surface area contributed by atoms with Gasteiger partial charge in [-0.15, -0.1) is 0 Å². The van der Waals surface area contributed by atoms with Crippen molar-refractivity contribution in [1.29, 1.82) is 0 Å². The van der Waals surface area contributed by atoms with E-state index >= 15 is 0 Å². The van der Waals surface area contributed by atoms with E-state index in [9.17, 15) is 4.79 Å². The van der Waals surface area contributed by atoms with Gasteiger partial charge >= 0.3 is 5.97 Å². The lowest BCUT2D eigenvalue weighted by Gasteiger charge is -2.31. The van der Waals surface area contributed by atoms with E-state index in [1.54, 1.807) is 0 Å². The number of aliphatic carboxylic acids is 1. The van der Waals surface area contributed by atoms with Crippen LogP contribution in [-0.4, -0.2) is 36.8 Å². The number of piperidine rings is 1. The van der Waals surface area contributed by atoms with E-state index in [1.165, 1.54) is 19.3 Å². The standard InChI is InChI=1S/C17H26N2O3/c1-13(2)22-16-10-14(11-18-12-17(20)21)6-7-15(16)19-8-4-3-5-9-19/h6-7,10,13,18H,3-5,8-9,11-12H2,1-2H3,(H,20,21). The second-order valence-corrected chi connectivity index (χ2v) is 6.01. The molecule has 1 saturated heterocycles. The molecule has 1 fully saturated rings. The van der Waals surface area contributed by atoms with Gasteiger partial charge in [-0.3, -0.25) is 4.79 Å². The molecule has 1 aromatic rings. The van der Waals surface area contributed by atoms with Crippen molar-refractivity contribution in [2.75, 3.05) is 24.5 Å². The summed E-state index contributed by atoms with van der Waals surface area (Å²) in [7, 11) is 0. The van der Waals surface area contributed by atoms with E-state index in [2.05, 4.69) is 16.3 Å². The molecule has 1 aromatic carbocycles. The van der Waals surface area contributed by atoms with Gasteiger partial charge in [0.1, 0.15) is 5.75 Å². The van der Waals surface area contributed by atoms with Gasteiger partial charge in [0.15, 0.2) is 0 Å². The van der Waals surface area contributed by atoms with Crippen molar-refractivity contribution in [3.05, 3.63) is 23.8 Å². The largest absolute Gasteiger partial charge is 0.489 e. The lowest BCUT2D eigenvalue weighted by Crippen LogP contribution is -2.30. The molecule has 1 aliphatic heterocycles. The highest BCUT2D eigenvalue weighted by atomic mass is 16.5. The SMILES string of the molecule is CC(C)Oc1cc(CNCC(=O)O)ccc1N1CCCCC1. The third-order valence-corrected chi connectivity index (χ3v) is 3.69. The first-order valence-electron chi connectivity index (χ1n) is 8.03. The number of carboxylic acid groups (broad SMARTS) is 1. The molecular formula is C17H26N2O3. The maximum Gasteiger partial charge on any atom is 0.317 e. The number of rotatable bonds is 7. The van der Waals surface area contributed by atoms with Crippen LogP contribution in [0.5, 0.6) is 5.75 Å². The molecule has 0 spiro atoms. The minimum absolute atomic E-state index is 0.0335. The van der Waals surface area contributed by atoms with Gasteiger partial charge in [0.25, 0.3) is 0 Å². The molecule has 0 amide bonds. The van der Waals surface area contributed by atoms with E-state index in [4.69, 9.17) is 9.84 Å². The Labute approximate surface area is 132 Å². The molecule has 0 aliphatic carbocycles. The molecule has 0 unspecified atom stereocenters. The lowest BCUT2D eigenvalue weighted by molar-refractivity contribution is -0.135. The molecule has 0 radical (unpaired) electrons. The smallest absolute Gasteiger partial charge is 0.317 e. The third kappa shape index (κ3) is 4.91. The number of nitrogens with one attached hydrogen (secondary N) is 1. The highest BCUT2D eigenvalue weighted by molar-refractivity contribution is 5.69. The Morgan fingerprint density at radius 1 is 1.32 bits per heavy atom. The zero-order valence-corrected chi connectivity index (χ0v) is 13.5. The zero-order chi connectivity index (χ0) is 15.9. The second kappa shape index (κ2) is 8.03. The quantitative estimate of drug-likeness (QED) is 0.811. The van der Waals surface area contributed by atoms with E-state index in [0.717, 1.165) is 30.1 Å². The number of carboxylic acids is 1. The van der Waals surface area contributed by atoms with Crippen LogP contribution < -0.4 is 15.0 Å². The Balaban J connectivity index is 2.12. The van der Waals surface area contributed by atoms with Crippen molar-refractivity contribution in [2.24, 2.45) is 0 Å². The van der Waals surface area contributed by atoms with Gasteiger partial charge in [-0.05, 0) is 50.8 Å². The van der Waals surface area contributed by atoms with E-state index in [0.29, 0.717) is 6.54 Å². The number of hydrogen-bond acceptors (Lipinski definition) is 4. The van der Waals surface area contributed by atoms with Crippen LogP contribution >= 0.6 is 0 Å². The minimum atomic E-state index is -0.844. The summed E-state index contributed by atoms with van der Waals surface area (Å²) >= 11 is 0. The monoisotopic (exact) mass is 306 g/mol. The first-order chi connectivity index (χ1) is 10.6. The highest BCUT2D eigenvalue weighted by Crippen LogP contribution is 2.32. The fraction of sp³-hybridized carbons (Fsp3) is 0.588. The lowest BCUT2D eigenvalue weighted by atomic mass is 10.1. The van der Waals surface area contributed by atoms with E-state index in [-0.39, 0.29) is 12.6 Å². The molecule has 0 aromatic heterocycles. The molecule has 122 valence electrons. The van der Waals surface area contributed by atoms with Crippen LogP contribution in [-0.2, 0) is 11.3 Å². The number of benzene rings is 1. The van der Waals surface area contributed by atoms with Crippen molar-refractivity contribution in [3.8, 4) is 5.75 Å². The molecular weight excluding hydrogens is 280 g/mol. The van der Waals surface area contributed by atoms with Gasteiger partial charge in [-0.1, -0.05) is 6.07 Å². The van der Waals surface area contributed by atoms with Gasteiger partial charge in [0.05, 0.1) is 18.3 Å². The molecule has 2 rings (SSSR count). The topological polar surface area (TPSA) is 61.8 Å². The average Bonchev–Trinajstić information content (AvgIpc) is 2.47. The van der Waals surface area contributed by atoms with Gasteiger partial charge in [0.2, 0.25) is 0 Å². The minimum Gasteiger partial charge on any atom is -0.489 e. The Hall–Kier alpha value is -1.75. The molecule has 0 atom stereocenters. The van der Waals surface area contributed by atoms with Crippen molar-refractivity contribution in [3.63, 3.8) is 0 Å². The second-order valence-electron chi connectivity index (χ2n) is 6.01. The first-order valence-corrected chi connectivity index (χ1v) is 8.03. The normalized spacial score (nSPS) is 15.1. The number of carbonyl (C=O) groups is 1. The number of anilines is 1. The first kappa shape index (κ1) is 16.6. The van der Waals surface area contributed by atoms with E-state index < -0.39 is 5.97 Å². The highest BCUT2D eigenvalue weighted by Gasteiger charge is 2.16. The van der Waals surface area contributed by atoms with Crippen molar-refractivity contribution < 1.29 is 14.6 Å². The summed E-state index contributed by atoms with van der Waals surface area (Å²) in [6.07, 6.45) is 3.87. The summed E-state index contributed by atoms with van der Waals surface area (Å²) in [5.74, 6) is 0.0510. The van der Waals surface area contributed by atoms with Crippen LogP contribution in [0.25, 0.3) is 0 Å². The summed E-state index contributed by atoms with van der Waals surface area (Å²) in [5.41, 5.74) is 2.19. The van der Waals surface area contributed by atoms with Crippen LogP contribution in [0.1, 0.15) is 38.7 Å². The van der Waals surface area contributed by atoms with Crippen LogP contribution in [0, 0.1) is 0 Å². The molecule has 5 nitrogen and oxygen atoms in total. The number of ether oxygens (including phenoxy) is 1. The third-order valence-electron chi connectivity index (χ3n) is 3.69. The van der Waals surface area contributed by atoms with Crippen LogP contribution in [0.2, 0.25) is 0 Å².